The van der Waals surface area contributed by atoms with Crippen LogP contribution in [0, 0.1) is 5.92 Å². The van der Waals surface area contributed by atoms with Gasteiger partial charge in [0.1, 0.15) is 0 Å². The fraction of sp³-hybridized carbons (Fsp3) is 0.438. The van der Waals surface area contributed by atoms with E-state index in [9.17, 15) is 9.59 Å². The monoisotopic (exact) mass is 303 g/mol. The largest absolute Gasteiger partial charge is 0.465 e. The number of carbonyl (C=O) groups excluding carboxylic acids is 2. The van der Waals surface area contributed by atoms with Gasteiger partial charge in [0, 0.05) is 5.69 Å². The second-order valence-corrected chi connectivity index (χ2v) is 5.09. The van der Waals surface area contributed by atoms with Crippen LogP contribution in [-0.2, 0) is 9.53 Å². The molecule has 1 aliphatic carbocycles. The number of urea groups is 1. The van der Waals surface area contributed by atoms with Gasteiger partial charge in [-0.15, -0.1) is 0 Å². The van der Waals surface area contributed by atoms with Crippen LogP contribution in [0.15, 0.2) is 35.4 Å². The Morgan fingerprint density at radius 1 is 1.27 bits per heavy atom. The molecule has 1 atom stereocenters. The molecule has 1 aliphatic rings. The number of amides is 2. The molecular formula is C16H21N3O3. The maximum atomic E-state index is 11.9. The molecule has 0 spiro atoms. The third kappa shape index (κ3) is 4.58. The summed E-state index contributed by atoms with van der Waals surface area (Å²) in [4.78, 5) is 23.7. The van der Waals surface area contributed by atoms with Crippen molar-refractivity contribution in [1.82, 2.24) is 5.43 Å². The molecule has 0 heterocycles. The van der Waals surface area contributed by atoms with Crippen LogP contribution >= 0.6 is 0 Å². The number of rotatable bonds is 4. The number of para-hydroxylation sites is 1. The number of hydrazone groups is 1. The van der Waals surface area contributed by atoms with Crippen molar-refractivity contribution in [2.75, 3.05) is 11.9 Å². The maximum Gasteiger partial charge on any atom is 0.339 e. The van der Waals surface area contributed by atoms with Crippen LogP contribution in [-0.4, -0.2) is 24.3 Å². The van der Waals surface area contributed by atoms with Gasteiger partial charge in [-0.25, -0.2) is 10.2 Å². The van der Waals surface area contributed by atoms with Gasteiger partial charge in [0.2, 0.25) is 0 Å². The molecule has 0 bridgehead atoms. The first-order valence-corrected chi connectivity index (χ1v) is 7.56. The van der Waals surface area contributed by atoms with Crippen LogP contribution in [0.1, 0.15) is 32.6 Å². The van der Waals surface area contributed by atoms with E-state index in [0.29, 0.717) is 24.4 Å². The lowest BCUT2D eigenvalue weighted by molar-refractivity contribution is -0.146. The van der Waals surface area contributed by atoms with Gasteiger partial charge >= 0.3 is 12.0 Å². The Labute approximate surface area is 129 Å². The number of anilines is 1. The van der Waals surface area contributed by atoms with Crippen LogP contribution in [0.3, 0.4) is 0 Å². The second-order valence-electron chi connectivity index (χ2n) is 5.09. The molecule has 1 unspecified atom stereocenters. The number of benzene rings is 1. The molecule has 0 aromatic heterocycles. The third-order valence-electron chi connectivity index (χ3n) is 3.48. The van der Waals surface area contributed by atoms with Gasteiger partial charge < -0.3 is 10.1 Å². The van der Waals surface area contributed by atoms with Crippen LogP contribution in [0.2, 0.25) is 0 Å². The zero-order valence-corrected chi connectivity index (χ0v) is 12.7. The van der Waals surface area contributed by atoms with Gasteiger partial charge in [0.15, 0.2) is 0 Å². The van der Waals surface area contributed by atoms with Gasteiger partial charge in [-0.2, -0.15) is 5.10 Å². The van der Waals surface area contributed by atoms with Crippen molar-refractivity contribution in [3.05, 3.63) is 30.3 Å². The fourth-order valence-electron chi connectivity index (χ4n) is 2.43. The highest BCUT2D eigenvalue weighted by atomic mass is 16.5. The summed E-state index contributed by atoms with van der Waals surface area (Å²) in [7, 11) is 0. The number of ether oxygens (including phenoxy) is 1. The molecule has 1 saturated carbocycles. The van der Waals surface area contributed by atoms with Crippen molar-refractivity contribution < 1.29 is 14.3 Å². The lowest BCUT2D eigenvalue weighted by Crippen LogP contribution is -2.33. The Morgan fingerprint density at radius 3 is 2.77 bits per heavy atom. The van der Waals surface area contributed by atoms with E-state index in [1.807, 2.05) is 18.2 Å². The molecule has 22 heavy (non-hydrogen) atoms. The lowest BCUT2D eigenvalue weighted by Gasteiger charge is -2.22. The Bertz CT molecular complexity index is 543. The van der Waals surface area contributed by atoms with E-state index < -0.39 is 6.03 Å². The zero-order chi connectivity index (χ0) is 15.8. The van der Waals surface area contributed by atoms with E-state index >= 15 is 0 Å². The third-order valence-corrected chi connectivity index (χ3v) is 3.48. The highest BCUT2D eigenvalue weighted by Gasteiger charge is 2.28. The zero-order valence-electron chi connectivity index (χ0n) is 12.7. The summed E-state index contributed by atoms with van der Waals surface area (Å²) in [5.41, 5.74) is 3.83. The molecular weight excluding hydrogens is 282 g/mol. The van der Waals surface area contributed by atoms with Crippen LogP contribution in [0.4, 0.5) is 10.5 Å². The summed E-state index contributed by atoms with van der Waals surface area (Å²) in [5.74, 6) is -0.600. The normalized spacial score (nSPS) is 19.5. The lowest BCUT2D eigenvalue weighted by atomic mass is 9.87. The Hall–Kier alpha value is -2.37. The quantitative estimate of drug-likeness (QED) is 0.663. The first kappa shape index (κ1) is 16.0. The molecule has 1 aromatic rings. The number of carbonyl (C=O) groups is 2. The van der Waals surface area contributed by atoms with Crippen molar-refractivity contribution >= 4 is 23.4 Å². The molecule has 0 radical (unpaired) electrons. The number of nitrogens with one attached hydrogen (secondary N) is 2. The van der Waals surface area contributed by atoms with Crippen LogP contribution in [0.5, 0.6) is 0 Å². The molecule has 2 amide bonds. The molecule has 2 N–H and O–H groups in total. The summed E-state index contributed by atoms with van der Waals surface area (Å²) < 4.78 is 5.07. The van der Waals surface area contributed by atoms with Gasteiger partial charge in [0.05, 0.1) is 18.2 Å². The van der Waals surface area contributed by atoms with E-state index in [1.54, 1.807) is 19.1 Å². The minimum atomic E-state index is -0.424. The predicted octanol–water partition coefficient (Wildman–Crippen LogP) is 2.92. The van der Waals surface area contributed by atoms with Crippen LogP contribution < -0.4 is 10.7 Å². The molecule has 1 aromatic carbocycles. The van der Waals surface area contributed by atoms with E-state index in [2.05, 4.69) is 15.8 Å². The average molecular weight is 303 g/mol. The molecule has 0 aliphatic heterocycles. The predicted molar refractivity (Wildman–Crippen MR) is 84.6 cm³/mol. The molecule has 1 fully saturated rings. The molecule has 6 nitrogen and oxygen atoms in total. The van der Waals surface area contributed by atoms with Crippen molar-refractivity contribution in [2.24, 2.45) is 11.0 Å². The average Bonchev–Trinajstić information content (AvgIpc) is 2.54. The maximum absolute atomic E-state index is 11.9. The molecule has 0 saturated heterocycles. The van der Waals surface area contributed by atoms with E-state index in [0.717, 1.165) is 19.3 Å². The molecule has 2 rings (SSSR count). The highest BCUT2D eigenvalue weighted by molar-refractivity contribution is 6.03. The standard InChI is InChI=1S/C16H21N3O3/c1-2-22-15(20)13-10-6-7-11-14(13)18-19-16(21)17-12-8-4-3-5-9-12/h3-5,8-9,13H,2,6-7,10-11H2,1H3,(H2,17,19,21)/b18-14+. The summed E-state index contributed by atoms with van der Waals surface area (Å²) in [6.45, 7) is 2.13. The summed E-state index contributed by atoms with van der Waals surface area (Å²) in [6.07, 6.45) is 3.37. The molecule has 6 heteroatoms. The van der Waals surface area contributed by atoms with Crippen LogP contribution in [0.25, 0.3) is 0 Å². The van der Waals surface area contributed by atoms with Gasteiger partial charge in [-0.1, -0.05) is 24.6 Å². The van der Waals surface area contributed by atoms with E-state index in [4.69, 9.17) is 4.74 Å². The highest BCUT2D eigenvalue weighted by Crippen LogP contribution is 2.22. The smallest absolute Gasteiger partial charge is 0.339 e. The number of esters is 1. The second kappa shape index (κ2) is 8.17. The minimum Gasteiger partial charge on any atom is -0.465 e. The van der Waals surface area contributed by atoms with Crippen molar-refractivity contribution in [3.8, 4) is 0 Å². The summed E-state index contributed by atoms with van der Waals surface area (Å²) in [5, 5.41) is 6.80. The van der Waals surface area contributed by atoms with Crippen molar-refractivity contribution in [2.45, 2.75) is 32.6 Å². The van der Waals surface area contributed by atoms with E-state index in [-0.39, 0.29) is 11.9 Å². The van der Waals surface area contributed by atoms with Crippen molar-refractivity contribution in [3.63, 3.8) is 0 Å². The van der Waals surface area contributed by atoms with Gasteiger partial charge in [-0.05, 0) is 38.3 Å². The van der Waals surface area contributed by atoms with Gasteiger partial charge in [0.25, 0.3) is 0 Å². The number of hydrogen-bond donors (Lipinski definition) is 2. The van der Waals surface area contributed by atoms with Gasteiger partial charge in [-0.3, -0.25) is 4.79 Å². The number of hydrogen-bond acceptors (Lipinski definition) is 4. The van der Waals surface area contributed by atoms with Crippen molar-refractivity contribution in [1.29, 1.82) is 0 Å². The first-order valence-electron chi connectivity index (χ1n) is 7.56. The molecule has 118 valence electrons. The summed E-state index contributed by atoms with van der Waals surface area (Å²) in [6, 6.07) is 8.68. The fourth-order valence-corrected chi connectivity index (χ4v) is 2.43. The Kier molecular flexibility index (Phi) is 5.94. The SMILES string of the molecule is CCOC(=O)C1CCCC/C1=N\NC(=O)Nc1ccccc1. The Balaban J connectivity index is 1.94. The first-order chi connectivity index (χ1) is 10.7. The van der Waals surface area contributed by atoms with E-state index in [1.165, 1.54) is 0 Å². The summed E-state index contributed by atoms with van der Waals surface area (Å²) >= 11 is 0. The topological polar surface area (TPSA) is 79.8 Å². The Morgan fingerprint density at radius 2 is 2.05 bits per heavy atom. The number of nitrogens with zero attached hydrogens (tertiary/aromatic N) is 1. The minimum absolute atomic E-state index is 0.258.